The summed E-state index contributed by atoms with van der Waals surface area (Å²) in [5.41, 5.74) is 0. The van der Waals surface area contributed by atoms with E-state index in [0.717, 1.165) is 8.66 Å². The molecule has 1 aromatic heterocycles. The van der Waals surface area contributed by atoms with E-state index in [1.807, 2.05) is 12.1 Å². The summed E-state index contributed by atoms with van der Waals surface area (Å²) in [6.07, 6.45) is 1.69. The number of amides is 2. The lowest BCUT2D eigenvalue weighted by Gasteiger charge is -2.24. The molecule has 2 amide bonds. The molecule has 0 radical (unpaired) electrons. The molecule has 0 unspecified atom stereocenters. The number of hydrogen-bond acceptors (Lipinski definition) is 3. The van der Waals surface area contributed by atoms with Gasteiger partial charge in [0.1, 0.15) is 0 Å². The number of likely N-dealkylation sites (tertiary alicyclic amines) is 1. The fourth-order valence-corrected chi connectivity index (χ4v) is 3.04. The summed E-state index contributed by atoms with van der Waals surface area (Å²) in [6.45, 7) is 0.425. The normalized spacial score (nSPS) is 17.3. The minimum Gasteiger partial charge on any atom is -0.277 e. The maximum atomic E-state index is 11.5. The molecule has 1 aliphatic rings. The zero-order valence-electron chi connectivity index (χ0n) is 8.03. The summed E-state index contributed by atoms with van der Waals surface area (Å²) >= 11 is 4.91. The lowest BCUT2D eigenvalue weighted by Crippen LogP contribution is -2.39. The first kappa shape index (κ1) is 10.8. The third kappa shape index (κ3) is 2.46. The molecular formula is C10H10BrNO2S. The van der Waals surface area contributed by atoms with E-state index in [9.17, 15) is 9.59 Å². The zero-order chi connectivity index (χ0) is 10.8. The van der Waals surface area contributed by atoms with Crippen molar-refractivity contribution in [2.45, 2.75) is 25.8 Å². The highest BCUT2D eigenvalue weighted by Gasteiger charge is 2.25. The van der Waals surface area contributed by atoms with Gasteiger partial charge in [0, 0.05) is 17.7 Å². The molecule has 80 valence electrons. The van der Waals surface area contributed by atoms with Crippen LogP contribution in [-0.2, 0) is 16.1 Å². The van der Waals surface area contributed by atoms with E-state index in [4.69, 9.17) is 0 Å². The highest BCUT2D eigenvalue weighted by Crippen LogP contribution is 2.24. The highest BCUT2D eigenvalue weighted by molar-refractivity contribution is 9.11. The van der Waals surface area contributed by atoms with E-state index in [0.29, 0.717) is 25.8 Å². The molecule has 15 heavy (non-hydrogen) atoms. The summed E-state index contributed by atoms with van der Waals surface area (Å²) in [5, 5.41) is 0. The smallest absolute Gasteiger partial charge is 0.229 e. The van der Waals surface area contributed by atoms with Gasteiger partial charge >= 0.3 is 0 Å². The van der Waals surface area contributed by atoms with Crippen molar-refractivity contribution in [1.29, 1.82) is 0 Å². The lowest BCUT2D eigenvalue weighted by atomic mass is 10.1. The Hall–Kier alpha value is -0.680. The number of piperidine rings is 1. The van der Waals surface area contributed by atoms with Gasteiger partial charge in [0.2, 0.25) is 11.8 Å². The number of carbonyl (C=O) groups excluding carboxylic acids is 2. The molecular weight excluding hydrogens is 278 g/mol. The van der Waals surface area contributed by atoms with Crippen LogP contribution in [0.1, 0.15) is 24.1 Å². The van der Waals surface area contributed by atoms with Crippen LogP contribution in [-0.4, -0.2) is 16.7 Å². The predicted molar refractivity (Wildman–Crippen MR) is 61.4 cm³/mol. The van der Waals surface area contributed by atoms with Crippen LogP contribution in [0.2, 0.25) is 0 Å². The van der Waals surface area contributed by atoms with Crippen molar-refractivity contribution in [2.75, 3.05) is 0 Å². The van der Waals surface area contributed by atoms with Gasteiger partial charge in [-0.2, -0.15) is 0 Å². The maximum absolute atomic E-state index is 11.5. The molecule has 2 rings (SSSR count). The molecule has 0 saturated carbocycles. The van der Waals surface area contributed by atoms with Crippen LogP contribution in [0.3, 0.4) is 0 Å². The van der Waals surface area contributed by atoms with Crippen LogP contribution in [0.25, 0.3) is 0 Å². The molecule has 1 fully saturated rings. The van der Waals surface area contributed by atoms with Crippen LogP contribution in [0.4, 0.5) is 0 Å². The third-order valence-electron chi connectivity index (χ3n) is 2.33. The Kier molecular flexibility index (Phi) is 3.21. The topological polar surface area (TPSA) is 37.4 Å². The quantitative estimate of drug-likeness (QED) is 0.784. The molecule has 3 nitrogen and oxygen atoms in total. The first-order valence-corrected chi connectivity index (χ1v) is 6.35. The number of rotatable bonds is 2. The average molecular weight is 288 g/mol. The van der Waals surface area contributed by atoms with Gasteiger partial charge in [-0.25, -0.2) is 0 Å². The van der Waals surface area contributed by atoms with Gasteiger partial charge in [0.15, 0.2) is 0 Å². The number of thiophene rings is 1. The Bertz CT molecular complexity index is 386. The van der Waals surface area contributed by atoms with Gasteiger partial charge in [0.25, 0.3) is 0 Å². The largest absolute Gasteiger partial charge is 0.277 e. The second-order valence-corrected chi connectivity index (χ2v) is 5.98. The Morgan fingerprint density at radius 3 is 2.47 bits per heavy atom. The summed E-state index contributed by atoms with van der Waals surface area (Å²) in [5.74, 6) is -0.0912. The molecule has 1 aromatic rings. The summed E-state index contributed by atoms with van der Waals surface area (Å²) in [7, 11) is 0. The molecule has 2 heterocycles. The van der Waals surface area contributed by atoms with Crippen LogP contribution in [0.5, 0.6) is 0 Å². The molecule has 0 bridgehead atoms. The number of imide groups is 1. The van der Waals surface area contributed by atoms with E-state index >= 15 is 0 Å². The van der Waals surface area contributed by atoms with Gasteiger partial charge in [-0.3, -0.25) is 14.5 Å². The van der Waals surface area contributed by atoms with Gasteiger partial charge < -0.3 is 0 Å². The van der Waals surface area contributed by atoms with Crippen molar-refractivity contribution in [3.05, 3.63) is 20.8 Å². The van der Waals surface area contributed by atoms with Gasteiger partial charge in [-0.15, -0.1) is 11.3 Å². The number of halogens is 1. The van der Waals surface area contributed by atoms with Crippen molar-refractivity contribution in [2.24, 2.45) is 0 Å². The third-order valence-corrected chi connectivity index (χ3v) is 3.93. The standard InChI is InChI=1S/C10H10BrNO2S/c11-8-5-4-7(15-8)6-12-9(13)2-1-3-10(12)14/h4-5H,1-3,6H2. The van der Waals surface area contributed by atoms with E-state index in [1.165, 1.54) is 4.90 Å². The monoisotopic (exact) mass is 287 g/mol. The molecule has 1 saturated heterocycles. The maximum Gasteiger partial charge on any atom is 0.229 e. The van der Waals surface area contributed by atoms with E-state index in [-0.39, 0.29) is 11.8 Å². The summed E-state index contributed by atoms with van der Waals surface area (Å²) in [6, 6.07) is 3.86. The van der Waals surface area contributed by atoms with Crippen LogP contribution < -0.4 is 0 Å². The Morgan fingerprint density at radius 1 is 1.27 bits per heavy atom. The van der Waals surface area contributed by atoms with Crippen molar-refractivity contribution < 1.29 is 9.59 Å². The van der Waals surface area contributed by atoms with Crippen molar-refractivity contribution in [1.82, 2.24) is 4.90 Å². The number of carbonyl (C=O) groups is 2. The van der Waals surface area contributed by atoms with Crippen molar-refractivity contribution in [3.63, 3.8) is 0 Å². The van der Waals surface area contributed by atoms with E-state index in [2.05, 4.69) is 15.9 Å². The Morgan fingerprint density at radius 2 is 1.93 bits per heavy atom. The van der Waals surface area contributed by atoms with Crippen molar-refractivity contribution >= 4 is 39.1 Å². The van der Waals surface area contributed by atoms with Crippen molar-refractivity contribution in [3.8, 4) is 0 Å². The second kappa shape index (κ2) is 4.45. The fraction of sp³-hybridized carbons (Fsp3) is 0.400. The van der Waals surface area contributed by atoms with Gasteiger partial charge in [0.05, 0.1) is 10.3 Å². The molecule has 0 aromatic carbocycles. The molecule has 0 spiro atoms. The van der Waals surface area contributed by atoms with Crippen LogP contribution in [0, 0.1) is 0 Å². The fourth-order valence-electron chi connectivity index (χ4n) is 1.57. The average Bonchev–Trinajstić information content (AvgIpc) is 2.58. The Balaban J connectivity index is 2.09. The molecule has 0 atom stereocenters. The van der Waals surface area contributed by atoms with E-state index < -0.39 is 0 Å². The molecule has 1 aliphatic heterocycles. The minimum absolute atomic E-state index is 0.0456. The number of hydrogen-bond donors (Lipinski definition) is 0. The van der Waals surface area contributed by atoms with Crippen LogP contribution >= 0.6 is 27.3 Å². The van der Waals surface area contributed by atoms with E-state index in [1.54, 1.807) is 11.3 Å². The van der Waals surface area contributed by atoms with Gasteiger partial charge in [-0.05, 0) is 34.5 Å². The molecule has 0 N–H and O–H groups in total. The summed E-state index contributed by atoms with van der Waals surface area (Å²) < 4.78 is 1.02. The summed E-state index contributed by atoms with van der Waals surface area (Å²) in [4.78, 5) is 25.4. The first-order valence-electron chi connectivity index (χ1n) is 4.74. The van der Waals surface area contributed by atoms with Gasteiger partial charge in [-0.1, -0.05) is 0 Å². The highest BCUT2D eigenvalue weighted by atomic mass is 79.9. The Labute approximate surface area is 100 Å². The molecule has 5 heteroatoms. The second-order valence-electron chi connectivity index (χ2n) is 3.43. The van der Waals surface area contributed by atoms with Crippen LogP contribution in [0.15, 0.2) is 15.9 Å². The zero-order valence-corrected chi connectivity index (χ0v) is 10.4. The molecule has 0 aliphatic carbocycles. The first-order chi connectivity index (χ1) is 7.16. The lowest BCUT2D eigenvalue weighted by molar-refractivity contribution is -0.148. The minimum atomic E-state index is -0.0456. The SMILES string of the molecule is O=C1CCCC(=O)N1Cc1ccc(Br)s1. The predicted octanol–water partition coefficient (Wildman–Crippen LogP) is 2.55. The number of nitrogens with zero attached hydrogens (tertiary/aromatic N) is 1.